The number of esters is 1. The maximum atomic E-state index is 13.5. The Bertz CT molecular complexity index is 411. The first-order chi connectivity index (χ1) is 8.11. The van der Waals surface area contributed by atoms with Crippen molar-refractivity contribution in [3.05, 3.63) is 29.3 Å². The molecule has 17 heavy (non-hydrogen) atoms. The van der Waals surface area contributed by atoms with Gasteiger partial charge in [0.05, 0.1) is 18.4 Å². The van der Waals surface area contributed by atoms with Crippen molar-refractivity contribution >= 4 is 11.7 Å². The fourth-order valence-electron chi connectivity index (χ4n) is 1.28. The quantitative estimate of drug-likeness (QED) is 0.608. The molecule has 3 N–H and O–H groups in total. The third-order valence-corrected chi connectivity index (χ3v) is 2.18. The molecule has 1 aromatic rings. The molecule has 0 aliphatic carbocycles. The van der Waals surface area contributed by atoms with Gasteiger partial charge in [0.15, 0.2) is 11.6 Å². The summed E-state index contributed by atoms with van der Waals surface area (Å²) in [6.45, 7) is 0.891. The van der Waals surface area contributed by atoms with Gasteiger partial charge < -0.3 is 15.8 Å². The van der Waals surface area contributed by atoms with E-state index in [0.717, 1.165) is 7.11 Å². The molecular formula is C11H14F2N2O2. The van der Waals surface area contributed by atoms with Gasteiger partial charge in [0.2, 0.25) is 0 Å². The second kappa shape index (κ2) is 6.15. The Balaban J connectivity index is 2.90. The van der Waals surface area contributed by atoms with E-state index in [0.29, 0.717) is 19.5 Å². The average Bonchev–Trinajstić information content (AvgIpc) is 2.34. The van der Waals surface area contributed by atoms with Gasteiger partial charge in [-0.2, -0.15) is 0 Å². The number of benzene rings is 1. The topological polar surface area (TPSA) is 64.3 Å². The van der Waals surface area contributed by atoms with Gasteiger partial charge >= 0.3 is 5.97 Å². The summed E-state index contributed by atoms with van der Waals surface area (Å²) in [5, 5.41) is 2.69. The van der Waals surface area contributed by atoms with Gasteiger partial charge in [-0.25, -0.2) is 13.6 Å². The molecule has 0 bridgehead atoms. The van der Waals surface area contributed by atoms with Crippen LogP contribution >= 0.6 is 0 Å². The zero-order chi connectivity index (χ0) is 12.8. The summed E-state index contributed by atoms with van der Waals surface area (Å²) in [4.78, 5) is 11.1. The van der Waals surface area contributed by atoms with Crippen molar-refractivity contribution in [2.45, 2.75) is 6.42 Å². The van der Waals surface area contributed by atoms with Gasteiger partial charge in [0, 0.05) is 6.54 Å². The Hall–Kier alpha value is -1.69. The Morgan fingerprint density at radius 2 is 2.12 bits per heavy atom. The number of anilines is 1. The lowest BCUT2D eigenvalue weighted by Crippen LogP contribution is -2.12. The van der Waals surface area contributed by atoms with Crippen LogP contribution in [0.4, 0.5) is 14.5 Å². The number of nitrogens with two attached hydrogens (primary N) is 1. The normalized spacial score (nSPS) is 10.1. The van der Waals surface area contributed by atoms with Crippen molar-refractivity contribution in [3.63, 3.8) is 0 Å². The molecule has 0 saturated carbocycles. The van der Waals surface area contributed by atoms with E-state index in [9.17, 15) is 13.6 Å². The predicted octanol–water partition coefficient (Wildman–Crippen LogP) is 1.51. The van der Waals surface area contributed by atoms with Crippen LogP contribution in [0, 0.1) is 11.6 Å². The molecule has 0 atom stereocenters. The highest BCUT2D eigenvalue weighted by molar-refractivity contribution is 5.90. The van der Waals surface area contributed by atoms with E-state index >= 15 is 0 Å². The molecule has 0 aromatic heterocycles. The van der Waals surface area contributed by atoms with Crippen LogP contribution in [0.1, 0.15) is 16.8 Å². The summed E-state index contributed by atoms with van der Waals surface area (Å²) in [6, 6.07) is 2.47. The SMILES string of the molecule is COC(=O)c1ccc(NCCCN)c(F)c1F. The maximum Gasteiger partial charge on any atom is 0.340 e. The molecule has 0 amide bonds. The minimum Gasteiger partial charge on any atom is -0.465 e. The lowest BCUT2D eigenvalue weighted by molar-refractivity contribution is 0.0594. The van der Waals surface area contributed by atoms with Gasteiger partial charge in [-0.1, -0.05) is 0 Å². The molecule has 0 aliphatic heterocycles. The first kappa shape index (κ1) is 13.4. The largest absolute Gasteiger partial charge is 0.465 e. The molecule has 0 saturated heterocycles. The summed E-state index contributed by atoms with van der Waals surface area (Å²) >= 11 is 0. The molecule has 0 heterocycles. The second-order valence-corrected chi connectivity index (χ2v) is 3.35. The number of methoxy groups -OCH3 is 1. The van der Waals surface area contributed by atoms with Crippen LogP contribution in [-0.4, -0.2) is 26.2 Å². The minimum absolute atomic E-state index is 0.00334. The van der Waals surface area contributed by atoms with Crippen molar-refractivity contribution < 1.29 is 18.3 Å². The predicted molar refractivity (Wildman–Crippen MR) is 59.9 cm³/mol. The highest BCUT2D eigenvalue weighted by Crippen LogP contribution is 2.21. The van der Waals surface area contributed by atoms with E-state index in [-0.39, 0.29) is 5.69 Å². The highest BCUT2D eigenvalue weighted by atomic mass is 19.2. The fourth-order valence-corrected chi connectivity index (χ4v) is 1.28. The van der Waals surface area contributed by atoms with E-state index in [1.165, 1.54) is 12.1 Å². The van der Waals surface area contributed by atoms with Crippen molar-refractivity contribution in [2.75, 3.05) is 25.5 Å². The summed E-state index contributed by atoms with van der Waals surface area (Å²) in [6.07, 6.45) is 0.639. The summed E-state index contributed by atoms with van der Waals surface area (Å²) in [5.74, 6) is -3.21. The van der Waals surface area contributed by atoms with Crippen LogP contribution < -0.4 is 11.1 Å². The third-order valence-electron chi connectivity index (χ3n) is 2.18. The number of hydrogen-bond donors (Lipinski definition) is 2. The molecule has 0 aliphatic rings. The van der Waals surface area contributed by atoms with Crippen molar-refractivity contribution in [3.8, 4) is 0 Å². The second-order valence-electron chi connectivity index (χ2n) is 3.35. The first-order valence-electron chi connectivity index (χ1n) is 5.12. The van der Waals surface area contributed by atoms with Crippen molar-refractivity contribution in [1.29, 1.82) is 0 Å². The molecule has 1 rings (SSSR count). The van der Waals surface area contributed by atoms with Gasteiger partial charge in [-0.3, -0.25) is 0 Å². The molecule has 0 fully saturated rings. The van der Waals surface area contributed by atoms with Gasteiger partial charge in [-0.15, -0.1) is 0 Å². The average molecular weight is 244 g/mol. The smallest absolute Gasteiger partial charge is 0.340 e. The van der Waals surface area contributed by atoms with E-state index < -0.39 is 23.2 Å². The zero-order valence-electron chi connectivity index (χ0n) is 9.43. The van der Waals surface area contributed by atoms with E-state index in [1.54, 1.807) is 0 Å². The van der Waals surface area contributed by atoms with E-state index in [2.05, 4.69) is 10.1 Å². The van der Waals surface area contributed by atoms with Crippen molar-refractivity contribution in [1.82, 2.24) is 0 Å². The van der Waals surface area contributed by atoms with Gasteiger partial charge in [0.25, 0.3) is 0 Å². The number of rotatable bonds is 5. The van der Waals surface area contributed by atoms with Crippen LogP contribution in [0.2, 0.25) is 0 Å². The summed E-state index contributed by atoms with van der Waals surface area (Å²) in [5.41, 5.74) is 4.85. The standard InChI is InChI=1S/C11H14F2N2O2/c1-17-11(16)7-3-4-8(10(13)9(7)12)15-6-2-5-14/h3-4,15H,2,5-6,14H2,1H3. The zero-order valence-corrected chi connectivity index (χ0v) is 9.43. The number of carbonyl (C=O) groups is 1. The molecule has 94 valence electrons. The van der Waals surface area contributed by atoms with Crippen LogP contribution in [0.15, 0.2) is 12.1 Å². The number of hydrogen-bond acceptors (Lipinski definition) is 4. The molecule has 4 nitrogen and oxygen atoms in total. The van der Waals surface area contributed by atoms with Crippen LogP contribution in [-0.2, 0) is 4.74 Å². The summed E-state index contributed by atoms with van der Waals surface area (Å²) in [7, 11) is 1.10. The van der Waals surface area contributed by atoms with Crippen LogP contribution in [0.3, 0.4) is 0 Å². The number of nitrogens with one attached hydrogen (secondary N) is 1. The van der Waals surface area contributed by atoms with Crippen LogP contribution in [0.5, 0.6) is 0 Å². The molecule has 6 heteroatoms. The van der Waals surface area contributed by atoms with Gasteiger partial charge in [0.1, 0.15) is 0 Å². The number of ether oxygens (including phenoxy) is 1. The Labute approximate surface area is 97.8 Å². The first-order valence-corrected chi connectivity index (χ1v) is 5.12. The number of carbonyl (C=O) groups excluding carboxylic acids is 1. The molecule has 0 unspecified atom stereocenters. The molecule has 1 aromatic carbocycles. The third kappa shape index (κ3) is 3.13. The van der Waals surface area contributed by atoms with Gasteiger partial charge in [-0.05, 0) is 25.1 Å². The highest BCUT2D eigenvalue weighted by Gasteiger charge is 2.18. The monoisotopic (exact) mass is 244 g/mol. The van der Waals surface area contributed by atoms with Crippen molar-refractivity contribution in [2.24, 2.45) is 5.73 Å². The minimum atomic E-state index is -1.21. The lowest BCUT2D eigenvalue weighted by Gasteiger charge is -2.09. The maximum absolute atomic E-state index is 13.5. The molecule has 0 spiro atoms. The van der Waals surface area contributed by atoms with E-state index in [1.807, 2.05) is 0 Å². The van der Waals surface area contributed by atoms with Crippen LogP contribution in [0.25, 0.3) is 0 Å². The lowest BCUT2D eigenvalue weighted by atomic mass is 10.1. The number of halogens is 2. The molecular weight excluding hydrogens is 230 g/mol. The summed E-state index contributed by atoms with van der Waals surface area (Å²) < 4.78 is 31.3. The Morgan fingerprint density at radius 3 is 2.71 bits per heavy atom. The Kier molecular flexibility index (Phi) is 4.84. The Morgan fingerprint density at radius 1 is 1.41 bits per heavy atom. The fraction of sp³-hybridized carbons (Fsp3) is 0.364. The van der Waals surface area contributed by atoms with E-state index in [4.69, 9.17) is 5.73 Å². The molecule has 0 radical (unpaired) electrons.